The van der Waals surface area contributed by atoms with Crippen LogP contribution in [-0.4, -0.2) is 30.5 Å². The lowest BCUT2D eigenvalue weighted by atomic mass is 9.86. The molecule has 0 aliphatic heterocycles. The van der Waals surface area contributed by atoms with Crippen LogP contribution in [-0.2, 0) is 14.3 Å². The number of benzene rings is 1. The maximum atomic E-state index is 11.9. The standard InChI is InChI=1S/C18H24N2O6/c1-25-14-8-9-15(16(11-14)20(23)24)19-17(21)12-26-18(22)10-7-13-5-3-2-4-6-13/h8-9,11,13H,2-7,10,12H2,1H3,(H,19,21). The molecule has 1 amide bonds. The van der Waals surface area contributed by atoms with Crippen molar-refractivity contribution < 1.29 is 24.0 Å². The molecular formula is C18H24N2O6. The second-order valence-electron chi connectivity index (χ2n) is 6.39. The van der Waals surface area contributed by atoms with Crippen LogP contribution in [0.2, 0.25) is 0 Å². The van der Waals surface area contributed by atoms with Gasteiger partial charge in [-0.15, -0.1) is 0 Å². The van der Waals surface area contributed by atoms with Crippen molar-refractivity contribution in [1.82, 2.24) is 0 Å². The van der Waals surface area contributed by atoms with Crippen LogP contribution >= 0.6 is 0 Å². The van der Waals surface area contributed by atoms with E-state index in [1.54, 1.807) is 0 Å². The summed E-state index contributed by atoms with van der Waals surface area (Å²) in [5.74, 6) is -0.171. The normalized spacial score (nSPS) is 14.5. The van der Waals surface area contributed by atoms with Gasteiger partial charge in [-0.3, -0.25) is 19.7 Å². The Labute approximate surface area is 152 Å². The van der Waals surface area contributed by atoms with Crippen LogP contribution in [0.3, 0.4) is 0 Å². The zero-order valence-electron chi connectivity index (χ0n) is 14.9. The third-order valence-electron chi connectivity index (χ3n) is 4.52. The van der Waals surface area contributed by atoms with Gasteiger partial charge in [0.05, 0.1) is 18.1 Å². The smallest absolute Gasteiger partial charge is 0.306 e. The molecule has 1 saturated carbocycles. The summed E-state index contributed by atoms with van der Waals surface area (Å²) in [5, 5.41) is 13.5. The molecule has 0 radical (unpaired) electrons. The molecule has 0 heterocycles. The zero-order valence-corrected chi connectivity index (χ0v) is 14.9. The number of anilines is 1. The average Bonchev–Trinajstić information content (AvgIpc) is 2.65. The van der Waals surface area contributed by atoms with E-state index >= 15 is 0 Å². The molecule has 0 aromatic heterocycles. The molecule has 0 saturated heterocycles. The van der Waals surface area contributed by atoms with Gasteiger partial charge in [-0.1, -0.05) is 32.1 Å². The largest absolute Gasteiger partial charge is 0.496 e. The fourth-order valence-electron chi connectivity index (χ4n) is 3.10. The summed E-state index contributed by atoms with van der Waals surface area (Å²) < 4.78 is 9.90. The van der Waals surface area contributed by atoms with E-state index in [0.29, 0.717) is 18.1 Å². The first kappa shape index (κ1) is 19.7. The molecule has 0 unspecified atom stereocenters. The molecule has 1 aliphatic carbocycles. The molecule has 0 bridgehead atoms. The molecule has 0 spiro atoms. The van der Waals surface area contributed by atoms with Gasteiger partial charge < -0.3 is 14.8 Å². The van der Waals surface area contributed by atoms with Crippen molar-refractivity contribution >= 4 is 23.3 Å². The summed E-state index contributed by atoms with van der Waals surface area (Å²) in [6, 6.07) is 4.09. The minimum atomic E-state index is -0.621. The van der Waals surface area contributed by atoms with E-state index in [0.717, 1.165) is 19.3 Å². The Bertz CT molecular complexity index is 655. The number of hydrogen-bond acceptors (Lipinski definition) is 6. The highest BCUT2D eigenvalue weighted by Gasteiger charge is 2.19. The SMILES string of the molecule is COc1ccc(NC(=O)COC(=O)CCC2CCCCC2)c([N+](=O)[O-])c1. The number of nitrogens with zero attached hydrogens (tertiary/aromatic N) is 1. The van der Waals surface area contributed by atoms with Crippen LogP contribution in [0.15, 0.2) is 18.2 Å². The highest BCUT2D eigenvalue weighted by Crippen LogP contribution is 2.29. The predicted molar refractivity (Wildman–Crippen MR) is 95.0 cm³/mol. The Hall–Kier alpha value is -2.64. The van der Waals surface area contributed by atoms with Gasteiger partial charge in [0, 0.05) is 6.42 Å². The number of carbonyl (C=O) groups is 2. The van der Waals surface area contributed by atoms with Crippen LogP contribution < -0.4 is 10.1 Å². The molecule has 1 aromatic rings. The summed E-state index contributed by atoms with van der Waals surface area (Å²) in [6.07, 6.45) is 7.05. The van der Waals surface area contributed by atoms with E-state index < -0.39 is 23.4 Å². The van der Waals surface area contributed by atoms with Crippen molar-refractivity contribution in [2.75, 3.05) is 19.0 Å². The number of esters is 1. The zero-order chi connectivity index (χ0) is 18.9. The highest BCUT2D eigenvalue weighted by molar-refractivity contribution is 5.95. The third-order valence-corrected chi connectivity index (χ3v) is 4.52. The number of nitro groups is 1. The van der Waals surface area contributed by atoms with Crippen molar-refractivity contribution in [2.45, 2.75) is 44.9 Å². The Morgan fingerprint density at radius 3 is 2.65 bits per heavy atom. The Morgan fingerprint density at radius 1 is 1.27 bits per heavy atom. The molecule has 8 nitrogen and oxygen atoms in total. The molecular weight excluding hydrogens is 340 g/mol. The molecule has 142 valence electrons. The average molecular weight is 364 g/mol. The van der Waals surface area contributed by atoms with E-state index in [1.807, 2.05) is 0 Å². The molecule has 1 N–H and O–H groups in total. The minimum absolute atomic E-state index is 0.0269. The van der Waals surface area contributed by atoms with Crippen LogP contribution in [0.1, 0.15) is 44.9 Å². The van der Waals surface area contributed by atoms with E-state index in [4.69, 9.17) is 9.47 Å². The lowest BCUT2D eigenvalue weighted by Crippen LogP contribution is -2.21. The van der Waals surface area contributed by atoms with Gasteiger partial charge in [-0.25, -0.2) is 0 Å². The lowest BCUT2D eigenvalue weighted by molar-refractivity contribution is -0.384. The second-order valence-corrected chi connectivity index (χ2v) is 6.39. The van der Waals surface area contributed by atoms with E-state index in [9.17, 15) is 19.7 Å². The van der Waals surface area contributed by atoms with Crippen LogP contribution in [0.5, 0.6) is 5.75 Å². The number of rotatable bonds is 8. The number of methoxy groups -OCH3 is 1. The van der Waals surface area contributed by atoms with E-state index in [-0.39, 0.29) is 11.4 Å². The lowest BCUT2D eigenvalue weighted by Gasteiger charge is -2.20. The maximum Gasteiger partial charge on any atom is 0.306 e. The number of amides is 1. The van der Waals surface area contributed by atoms with Gasteiger partial charge in [0.25, 0.3) is 11.6 Å². The Balaban J connectivity index is 1.79. The fourth-order valence-corrected chi connectivity index (χ4v) is 3.10. The quantitative estimate of drug-likeness (QED) is 0.430. The number of carbonyl (C=O) groups excluding carboxylic acids is 2. The van der Waals surface area contributed by atoms with Crippen LogP contribution in [0.25, 0.3) is 0 Å². The predicted octanol–water partition coefficient (Wildman–Crippen LogP) is 3.45. The van der Waals surface area contributed by atoms with Crippen molar-refractivity contribution in [3.63, 3.8) is 0 Å². The minimum Gasteiger partial charge on any atom is -0.496 e. The second kappa shape index (κ2) is 9.74. The van der Waals surface area contributed by atoms with Crippen molar-refractivity contribution in [3.8, 4) is 5.75 Å². The fraction of sp³-hybridized carbons (Fsp3) is 0.556. The monoisotopic (exact) mass is 364 g/mol. The molecule has 1 aliphatic rings. The van der Waals surface area contributed by atoms with Gasteiger partial charge in [0.15, 0.2) is 6.61 Å². The molecule has 0 atom stereocenters. The molecule has 8 heteroatoms. The Kier molecular flexibility index (Phi) is 7.37. The van der Waals surface area contributed by atoms with Crippen molar-refractivity contribution in [1.29, 1.82) is 0 Å². The summed E-state index contributed by atoms with van der Waals surface area (Å²) in [4.78, 5) is 34.2. The van der Waals surface area contributed by atoms with Gasteiger partial charge in [-0.2, -0.15) is 0 Å². The molecule has 26 heavy (non-hydrogen) atoms. The first-order valence-electron chi connectivity index (χ1n) is 8.77. The first-order chi connectivity index (χ1) is 12.5. The number of ether oxygens (including phenoxy) is 2. The van der Waals surface area contributed by atoms with Gasteiger partial charge in [0.1, 0.15) is 11.4 Å². The summed E-state index contributed by atoms with van der Waals surface area (Å²) in [6.45, 7) is -0.466. The molecule has 1 aromatic carbocycles. The van der Waals surface area contributed by atoms with Crippen LogP contribution in [0, 0.1) is 16.0 Å². The highest BCUT2D eigenvalue weighted by atomic mass is 16.6. The first-order valence-corrected chi connectivity index (χ1v) is 8.77. The summed E-state index contributed by atoms with van der Waals surface area (Å²) in [7, 11) is 1.39. The summed E-state index contributed by atoms with van der Waals surface area (Å²) in [5.41, 5.74) is -0.264. The molecule has 2 rings (SSSR count). The molecule has 1 fully saturated rings. The van der Waals surface area contributed by atoms with Crippen molar-refractivity contribution in [2.24, 2.45) is 5.92 Å². The third kappa shape index (κ3) is 6.02. The number of nitro benzene ring substituents is 1. The van der Waals surface area contributed by atoms with Gasteiger partial charge in [0.2, 0.25) is 0 Å². The number of nitrogens with one attached hydrogen (secondary N) is 1. The van der Waals surface area contributed by atoms with Crippen LogP contribution in [0.4, 0.5) is 11.4 Å². The van der Waals surface area contributed by atoms with E-state index in [2.05, 4.69) is 5.32 Å². The van der Waals surface area contributed by atoms with Gasteiger partial charge >= 0.3 is 5.97 Å². The van der Waals surface area contributed by atoms with E-state index in [1.165, 1.54) is 44.6 Å². The van der Waals surface area contributed by atoms with Gasteiger partial charge in [-0.05, 0) is 24.5 Å². The maximum absolute atomic E-state index is 11.9. The summed E-state index contributed by atoms with van der Waals surface area (Å²) >= 11 is 0. The topological polar surface area (TPSA) is 108 Å². The number of hydrogen-bond donors (Lipinski definition) is 1. The van der Waals surface area contributed by atoms with Crippen molar-refractivity contribution in [3.05, 3.63) is 28.3 Å². The Morgan fingerprint density at radius 2 is 2.00 bits per heavy atom.